The molecule has 0 fully saturated rings. The number of carbonyl (C=O) groups excluding carboxylic acids is 3. The lowest BCUT2D eigenvalue weighted by molar-refractivity contribution is -0.152. The zero-order chi connectivity index (χ0) is 19.1. The van der Waals surface area contributed by atoms with Gasteiger partial charge in [0.2, 0.25) is 0 Å². The summed E-state index contributed by atoms with van der Waals surface area (Å²) in [6, 6.07) is 7.98. The lowest BCUT2D eigenvalue weighted by Crippen LogP contribution is -2.36. The van der Waals surface area contributed by atoms with Crippen molar-refractivity contribution in [3.05, 3.63) is 59.1 Å². The van der Waals surface area contributed by atoms with Gasteiger partial charge < -0.3 is 15.4 Å². The first-order chi connectivity index (χ1) is 12.3. The summed E-state index contributed by atoms with van der Waals surface area (Å²) in [5.41, 5.74) is 0.409. The largest absolute Gasteiger partial charge is 0.451 e. The molecule has 0 unspecified atom stereocenters. The Hall–Kier alpha value is -3.00. The van der Waals surface area contributed by atoms with E-state index in [0.29, 0.717) is 10.7 Å². The van der Waals surface area contributed by atoms with Crippen LogP contribution in [0.2, 0.25) is 5.02 Å². The number of amides is 2. The first-order valence-electron chi connectivity index (χ1n) is 7.51. The van der Waals surface area contributed by atoms with Crippen LogP contribution in [-0.2, 0) is 14.3 Å². The summed E-state index contributed by atoms with van der Waals surface area (Å²) in [6.07, 6.45) is 0.256. The number of benzene rings is 1. The third kappa shape index (κ3) is 5.82. The van der Waals surface area contributed by atoms with Crippen molar-refractivity contribution in [3.8, 4) is 0 Å². The van der Waals surface area contributed by atoms with E-state index in [1.807, 2.05) is 0 Å². The molecule has 0 aliphatic heterocycles. The molecule has 2 aromatic rings. The second-order valence-corrected chi connectivity index (χ2v) is 5.61. The third-order valence-corrected chi connectivity index (χ3v) is 3.37. The highest BCUT2D eigenvalue weighted by Crippen LogP contribution is 2.09. The number of carbonyl (C=O) groups is 3. The van der Waals surface area contributed by atoms with Gasteiger partial charge in [0, 0.05) is 16.9 Å². The SMILES string of the molecule is C[C@@H](OC(=O)CNC(=O)c1cc(Cl)ccn1)C(=O)Nc1ccc(F)cc1. The smallest absolute Gasteiger partial charge is 0.326 e. The number of ether oxygens (including phenoxy) is 1. The van der Waals surface area contributed by atoms with Crippen molar-refractivity contribution in [3.63, 3.8) is 0 Å². The van der Waals surface area contributed by atoms with Gasteiger partial charge in [-0.15, -0.1) is 0 Å². The predicted molar refractivity (Wildman–Crippen MR) is 92.2 cm³/mol. The van der Waals surface area contributed by atoms with E-state index in [4.69, 9.17) is 16.3 Å². The number of nitrogens with one attached hydrogen (secondary N) is 2. The molecule has 26 heavy (non-hydrogen) atoms. The van der Waals surface area contributed by atoms with E-state index in [2.05, 4.69) is 15.6 Å². The summed E-state index contributed by atoms with van der Waals surface area (Å²) < 4.78 is 17.8. The van der Waals surface area contributed by atoms with E-state index >= 15 is 0 Å². The molecule has 0 saturated carbocycles. The number of anilines is 1. The van der Waals surface area contributed by atoms with Gasteiger partial charge in [0.15, 0.2) is 6.10 Å². The van der Waals surface area contributed by atoms with Crippen molar-refractivity contribution in [2.45, 2.75) is 13.0 Å². The number of esters is 1. The van der Waals surface area contributed by atoms with Crippen LogP contribution in [0, 0.1) is 5.82 Å². The van der Waals surface area contributed by atoms with E-state index in [0.717, 1.165) is 0 Å². The fraction of sp³-hybridized carbons (Fsp3) is 0.176. The summed E-state index contributed by atoms with van der Waals surface area (Å²) in [6.45, 7) is 0.929. The molecule has 0 saturated heterocycles. The topological polar surface area (TPSA) is 97.4 Å². The number of nitrogens with zero attached hydrogens (tertiary/aromatic N) is 1. The van der Waals surface area contributed by atoms with Crippen molar-refractivity contribution in [1.82, 2.24) is 10.3 Å². The molecule has 0 radical (unpaired) electrons. The maximum Gasteiger partial charge on any atom is 0.326 e. The molecule has 1 aromatic carbocycles. The maximum atomic E-state index is 12.8. The Morgan fingerprint density at radius 3 is 2.58 bits per heavy atom. The van der Waals surface area contributed by atoms with Crippen molar-refractivity contribution in [2.75, 3.05) is 11.9 Å². The second kappa shape index (κ2) is 8.91. The molecule has 7 nitrogen and oxygen atoms in total. The summed E-state index contributed by atoms with van der Waals surface area (Å²) in [4.78, 5) is 39.3. The van der Waals surface area contributed by atoms with Crippen molar-refractivity contribution < 1.29 is 23.5 Å². The molecule has 0 bridgehead atoms. The summed E-state index contributed by atoms with van der Waals surface area (Å²) >= 11 is 5.75. The van der Waals surface area contributed by atoms with Gasteiger partial charge in [-0.05, 0) is 43.3 Å². The molecule has 0 aliphatic carbocycles. The van der Waals surface area contributed by atoms with Gasteiger partial charge >= 0.3 is 5.97 Å². The number of hydrogen-bond acceptors (Lipinski definition) is 5. The van der Waals surface area contributed by atoms with E-state index in [1.165, 1.54) is 49.5 Å². The lowest BCUT2D eigenvalue weighted by atomic mass is 10.3. The van der Waals surface area contributed by atoms with Crippen LogP contribution in [0.25, 0.3) is 0 Å². The molecule has 1 atom stereocenters. The van der Waals surface area contributed by atoms with Gasteiger partial charge in [-0.25, -0.2) is 4.39 Å². The van der Waals surface area contributed by atoms with Crippen LogP contribution in [0.4, 0.5) is 10.1 Å². The molecule has 2 rings (SSSR count). The van der Waals surface area contributed by atoms with Gasteiger partial charge in [-0.3, -0.25) is 19.4 Å². The zero-order valence-corrected chi connectivity index (χ0v) is 14.4. The normalized spacial score (nSPS) is 11.3. The van der Waals surface area contributed by atoms with Crippen LogP contribution >= 0.6 is 11.6 Å². The molecule has 0 aliphatic rings. The zero-order valence-electron chi connectivity index (χ0n) is 13.7. The highest BCUT2D eigenvalue weighted by molar-refractivity contribution is 6.30. The minimum Gasteiger partial charge on any atom is -0.451 e. The Morgan fingerprint density at radius 2 is 1.92 bits per heavy atom. The number of rotatable bonds is 6. The summed E-state index contributed by atoms with van der Waals surface area (Å²) in [5.74, 6) is -2.43. The molecule has 136 valence electrons. The van der Waals surface area contributed by atoms with Gasteiger partial charge in [0.1, 0.15) is 18.1 Å². The summed E-state index contributed by atoms with van der Waals surface area (Å²) in [7, 11) is 0. The van der Waals surface area contributed by atoms with Gasteiger partial charge in [-0.2, -0.15) is 0 Å². The number of hydrogen-bond donors (Lipinski definition) is 2. The Bertz CT molecular complexity index is 814. The van der Waals surface area contributed by atoms with Crippen LogP contribution in [0.5, 0.6) is 0 Å². The third-order valence-electron chi connectivity index (χ3n) is 3.14. The van der Waals surface area contributed by atoms with Crippen LogP contribution in [0.15, 0.2) is 42.6 Å². The average Bonchev–Trinajstić information content (AvgIpc) is 2.61. The average molecular weight is 380 g/mol. The Morgan fingerprint density at radius 1 is 1.23 bits per heavy atom. The van der Waals surface area contributed by atoms with E-state index in [-0.39, 0.29) is 5.69 Å². The van der Waals surface area contributed by atoms with Crippen LogP contribution < -0.4 is 10.6 Å². The van der Waals surface area contributed by atoms with Crippen LogP contribution in [0.3, 0.4) is 0 Å². The Labute approximate surface area is 153 Å². The lowest BCUT2D eigenvalue weighted by Gasteiger charge is -2.13. The van der Waals surface area contributed by atoms with Gasteiger partial charge in [0.05, 0.1) is 0 Å². The predicted octanol–water partition coefficient (Wildman–Crippen LogP) is 2.17. The number of pyridine rings is 1. The quantitative estimate of drug-likeness (QED) is 0.750. The Kier molecular flexibility index (Phi) is 6.62. The van der Waals surface area contributed by atoms with Gasteiger partial charge in [0.25, 0.3) is 11.8 Å². The highest BCUT2D eigenvalue weighted by Gasteiger charge is 2.19. The molecule has 2 N–H and O–H groups in total. The molecule has 2 amide bonds. The van der Waals surface area contributed by atoms with Crippen molar-refractivity contribution in [2.24, 2.45) is 0 Å². The molecule has 1 aromatic heterocycles. The van der Waals surface area contributed by atoms with Crippen LogP contribution in [0.1, 0.15) is 17.4 Å². The fourth-order valence-corrected chi connectivity index (χ4v) is 2.00. The molecule has 0 spiro atoms. The molecular formula is C17H15ClFN3O4. The minimum absolute atomic E-state index is 0.0485. The van der Waals surface area contributed by atoms with E-state index < -0.39 is 36.2 Å². The number of aromatic nitrogens is 1. The fourth-order valence-electron chi connectivity index (χ4n) is 1.84. The standard InChI is InChI=1S/C17H15ClFN3O4/c1-10(16(24)22-13-4-2-12(19)3-5-13)26-15(23)9-21-17(25)14-8-11(18)6-7-20-14/h2-8,10H,9H2,1H3,(H,21,25)(H,22,24)/t10-/m1/s1. The van der Waals surface area contributed by atoms with Crippen molar-refractivity contribution in [1.29, 1.82) is 0 Å². The Balaban J connectivity index is 1.80. The number of halogens is 2. The van der Waals surface area contributed by atoms with E-state index in [9.17, 15) is 18.8 Å². The minimum atomic E-state index is -1.10. The summed E-state index contributed by atoms with van der Waals surface area (Å²) in [5, 5.41) is 5.13. The highest BCUT2D eigenvalue weighted by atomic mass is 35.5. The van der Waals surface area contributed by atoms with Gasteiger partial charge in [-0.1, -0.05) is 11.6 Å². The molecule has 1 heterocycles. The van der Waals surface area contributed by atoms with Crippen LogP contribution in [-0.4, -0.2) is 35.4 Å². The first-order valence-corrected chi connectivity index (χ1v) is 7.88. The molecule has 9 heteroatoms. The maximum absolute atomic E-state index is 12.8. The van der Waals surface area contributed by atoms with E-state index in [1.54, 1.807) is 0 Å². The first kappa shape index (κ1) is 19.3. The van der Waals surface area contributed by atoms with Crippen molar-refractivity contribution >= 4 is 35.1 Å². The molecular weight excluding hydrogens is 365 g/mol. The monoisotopic (exact) mass is 379 g/mol. The second-order valence-electron chi connectivity index (χ2n) is 5.17.